The van der Waals surface area contributed by atoms with Crippen LogP contribution in [-0.2, 0) is 19.1 Å². The number of esters is 2. The zero-order valence-corrected chi connectivity index (χ0v) is 26.1. The van der Waals surface area contributed by atoms with Crippen molar-refractivity contribution in [3.63, 3.8) is 0 Å². The van der Waals surface area contributed by atoms with E-state index in [0.717, 1.165) is 44.9 Å². The van der Waals surface area contributed by atoms with Crippen molar-refractivity contribution in [2.45, 2.75) is 148 Å². The molecule has 0 aliphatic carbocycles. The van der Waals surface area contributed by atoms with E-state index < -0.39 is 0 Å². The SMILES string of the molecule is CCC(C)(C)C(=O)OC(CCC(C)C)CCC(C)C.CCC(C)(C)C(=O)OCC(C)CC(C)(C)C. The van der Waals surface area contributed by atoms with E-state index in [1.807, 2.05) is 41.5 Å². The van der Waals surface area contributed by atoms with Crippen LogP contribution >= 0.6 is 0 Å². The first kappa shape index (κ1) is 36.1. The maximum absolute atomic E-state index is 12.2. The lowest BCUT2D eigenvalue weighted by atomic mass is 9.86. The lowest BCUT2D eigenvalue weighted by Gasteiger charge is -2.26. The number of carbonyl (C=O) groups is 2. The molecule has 35 heavy (non-hydrogen) atoms. The highest BCUT2D eigenvalue weighted by Gasteiger charge is 2.30. The van der Waals surface area contributed by atoms with Crippen molar-refractivity contribution in [1.29, 1.82) is 0 Å². The van der Waals surface area contributed by atoms with Gasteiger partial charge in [-0.15, -0.1) is 0 Å². The van der Waals surface area contributed by atoms with E-state index in [2.05, 4.69) is 55.4 Å². The summed E-state index contributed by atoms with van der Waals surface area (Å²) in [6.07, 6.45) is 7.07. The molecule has 0 spiro atoms. The topological polar surface area (TPSA) is 52.6 Å². The monoisotopic (exact) mass is 498 g/mol. The van der Waals surface area contributed by atoms with E-state index in [0.29, 0.717) is 29.8 Å². The second-order valence-electron chi connectivity index (χ2n) is 13.9. The minimum Gasteiger partial charge on any atom is -0.465 e. The van der Waals surface area contributed by atoms with Gasteiger partial charge in [0.2, 0.25) is 0 Å². The van der Waals surface area contributed by atoms with Crippen molar-refractivity contribution in [2.24, 2.45) is 34.0 Å². The van der Waals surface area contributed by atoms with E-state index in [4.69, 9.17) is 9.47 Å². The van der Waals surface area contributed by atoms with E-state index in [-0.39, 0.29) is 28.9 Å². The second-order valence-corrected chi connectivity index (χ2v) is 13.9. The Labute approximate surface area is 219 Å². The van der Waals surface area contributed by atoms with Gasteiger partial charge in [-0.25, -0.2) is 0 Å². The highest BCUT2D eigenvalue weighted by atomic mass is 16.5. The average molecular weight is 499 g/mol. The molecule has 0 aromatic heterocycles. The zero-order valence-electron chi connectivity index (χ0n) is 26.1. The first-order valence-electron chi connectivity index (χ1n) is 14.2. The first-order valence-corrected chi connectivity index (χ1v) is 14.2. The molecule has 0 fully saturated rings. The van der Waals surface area contributed by atoms with Gasteiger partial charge in [0, 0.05) is 0 Å². The minimum absolute atomic E-state index is 0.0347. The molecule has 210 valence electrons. The van der Waals surface area contributed by atoms with Gasteiger partial charge >= 0.3 is 11.9 Å². The molecule has 0 aromatic carbocycles. The summed E-state index contributed by atoms with van der Waals surface area (Å²) in [5, 5.41) is 0. The number of hydrogen-bond acceptors (Lipinski definition) is 4. The molecule has 0 saturated heterocycles. The smallest absolute Gasteiger partial charge is 0.311 e. The van der Waals surface area contributed by atoms with Crippen molar-refractivity contribution in [3.8, 4) is 0 Å². The van der Waals surface area contributed by atoms with Crippen molar-refractivity contribution < 1.29 is 19.1 Å². The van der Waals surface area contributed by atoms with Crippen molar-refractivity contribution in [2.75, 3.05) is 6.61 Å². The molecular formula is C31H62O4. The van der Waals surface area contributed by atoms with Crippen molar-refractivity contribution in [1.82, 2.24) is 0 Å². The van der Waals surface area contributed by atoms with E-state index >= 15 is 0 Å². The molecule has 0 heterocycles. The van der Waals surface area contributed by atoms with Gasteiger partial charge in [0.15, 0.2) is 0 Å². The van der Waals surface area contributed by atoms with Gasteiger partial charge in [-0.05, 0) is 95.8 Å². The standard InChI is InChI=1S/C17H34O2.C14H28O2/c1-8-17(6,7)16(18)19-15(11-9-13(2)3)12-10-14(4)5;1-8-14(6,7)12(15)16-10-11(2)9-13(3,4)5/h13-15H,8-12H2,1-7H3;11H,8-10H2,1-7H3. The van der Waals surface area contributed by atoms with Gasteiger partial charge in [-0.1, -0.05) is 69.2 Å². The van der Waals surface area contributed by atoms with Crippen LogP contribution in [0.3, 0.4) is 0 Å². The van der Waals surface area contributed by atoms with Crippen molar-refractivity contribution >= 4 is 11.9 Å². The maximum atomic E-state index is 12.2. The Hall–Kier alpha value is -1.06. The Morgan fingerprint density at radius 2 is 1.06 bits per heavy atom. The summed E-state index contributed by atoms with van der Waals surface area (Å²) < 4.78 is 11.1. The zero-order chi connectivity index (χ0) is 28.0. The average Bonchev–Trinajstić information content (AvgIpc) is 2.72. The molecule has 0 radical (unpaired) electrons. The molecule has 0 saturated carbocycles. The fourth-order valence-corrected chi connectivity index (χ4v) is 3.42. The molecule has 0 aliphatic heterocycles. The molecule has 0 aromatic rings. The van der Waals surface area contributed by atoms with Crippen LogP contribution in [-0.4, -0.2) is 24.6 Å². The Morgan fingerprint density at radius 1 is 0.657 bits per heavy atom. The third-order valence-corrected chi connectivity index (χ3v) is 6.74. The summed E-state index contributed by atoms with van der Waals surface area (Å²) in [5.41, 5.74) is -0.401. The fraction of sp³-hybridized carbons (Fsp3) is 0.935. The van der Waals surface area contributed by atoms with Crippen LogP contribution in [0.2, 0.25) is 0 Å². The van der Waals surface area contributed by atoms with Crippen LogP contribution in [0.1, 0.15) is 142 Å². The maximum Gasteiger partial charge on any atom is 0.311 e. The molecule has 0 aliphatic rings. The summed E-state index contributed by atoms with van der Waals surface area (Å²) in [6, 6.07) is 0. The summed E-state index contributed by atoms with van der Waals surface area (Å²) in [4.78, 5) is 23.9. The molecular weight excluding hydrogens is 436 g/mol. The number of rotatable bonds is 14. The van der Waals surface area contributed by atoms with Gasteiger partial charge in [0.1, 0.15) is 6.10 Å². The lowest BCUT2D eigenvalue weighted by molar-refractivity contribution is -0.161. The quantitative estimate of drug-likeness (QED) is 0.224. The van der Waals surface area contributed by atoms with Crippen LogP contribution < -0.4 is 0 Å². The Bertz CT molecular complexity index is 569. The molecule has 0 rings (SSSR count). The summed E-state index contributed by atoms with van der Waals surface area (Å²) in [7, 11) is 0. The normalized spacial score (nSPS) is 13.5. The molecule has 1 unspecified atom stereocenters. The predicted octanol–water partition coefficient (Wildman–Crippen LogP) is 9.24. The molecule has 0 bridgehead atoms. The molecule has 0 amide bonds. The molecule has 1 atom stereocenters. The second kappa shape index (κ2) is 16.6. The van der Waals surface area contributed by atoms with Crippen LogP contribution in [0.5, 0.6) is 0 Å². The molecule has 4 heteroatoms. The summed E-state index contributed by atoms with van der Waals surface area (Å²) >= 11 is 0. The third kappa shape index (κ3) is 18.8. The fourth-order valence-electron chi connectivity index (χ4n) is 3.42. The number of ether oxygens (including phenoxy) is 2. The Morgan fingerprint density at radius 3 is 1.40 bits per heavy atom. The van der Waals surface area contributed by atoms with Gasteiger partial charge in [0.25, 0.3) is 0 Å². The third-order valence-electron chi connectivity index (χ3n) is 6.74. The summed E-state index contributed by atoms with van der Waals surface area (Å²) in [6.45, 7) is 30.0. The lowest BCUT2D eigenvalue weighted by Crippen LogP contribution is -2.30. The highest BCUT2D eigenvalue weighted by Crippen LogP contribution is 2.27. The largest absolute Gasteiger partial charge is 0.465 e. The number of hydrogen-bond donors (Lipinski definition) is 0. The van der Waals surface area contributed by atoms with Gasteiger partial charge in [-0.2, -0.15) is 0 Å². The van der Waals surface area contributed by atoms with Gasteiger partial charge in [-0.3, -0.25) is 9.59 Å². The van der Waals surface area contributed by atoms with E-state index in [1.54, 1.807) is 0 Å². The molecule has 4 nitrogen and oxygen atoms in total. The van der Waals surface area contributed by atoms with Gasteiger partial charge < -0.3 is 9.47 Å². The highest BCUT2D eigenvalue weighted by molar-refractivity contribution is 5.76. The Balaban J connectivity index is 0. The van der Waals surface area contributed by atoms with Gasteiger partial charge in [0.05, 0.1) is 17.4 Å². The van der Waals surface area contributed by atoms with Crippen LogP contribution in [0.4, 0.5) is 0 Å². The van der Waals surface area contributed by atoms with Crippen LogP contribution in [0.15, 0.2) is 0 Å². The Kier molecular flexibility index (Phi) is 17.2. The van der Waals surface area contributed by atoms with Crippen LogP contribution in [0.25, 0.3) is 0 Å². The molecule has 0 N–H and O–H groups in total. The van der Waals surface area contributed by atoms with E-state index in [1.165, 1.54) is 0 Å². The van der Waals surface area contributed by atoms with Crippen molar-refractivity contribution in [3.05, 3.63) is 0 Å². The number of carbonyl (C=O) groups excluding carboxylic acids is 2. The first-order chi connectivity index (χ1) is 15.8. The predicted molar refractivity (Wildman–Crippen MR) is 150 cm³/mol. The van der Waals surface area contributed by atoms with E-state index in [9.17, 15) is 9.59 Å². The summed E-state index contributed by atoms with van der Waals surface area (Å²) in [5.74, 6) is 1.65. The minimum atomic E-state index is -0.353. The van der Waals surface area contributed by atoms with Crippen LogP contribution in [0, 0.1) is 34.0 Å².